The van der Waals surface area contributed by atoms with Crippen LogP contribution in [-0.4, -0.2) is 45.8 Å². The Morgan fingerprint density at radius 1 is 1.36 bits per heavy atom. The zero-order chi connectivity index (χ0) is 16.3. The minimum Gasteiger partial charge on any atom is -0.394 e. The van der Waals surface area contributed by atoms with Gasteiger partial charge in [-0.15, -0.1) is 0 Å². The van der Waals surface area contributed by atoms with E-state index in [0.717, 1.165) is 5.56 Å². The summed E-state index contributed by atoms with van der Waals surface area (Å²) in [6.45, 7) is 5.81. The summed E-state index contributed by atoms with van der Waals surface area (Å²) < 4.78 is 5.23. The quantitative estimate of drug-likeness (QED) is 0.936. The zero-order valence-electron chi connectivity index (χ0n) is 13.3. The molecule has 1 N–H and O–H groups in total. The van der Waals surface area contributed by atoms with Crippen molar-refractivity contribution in [2.24, 2.45) is 5.41 Å². The first-order valence-corrected chi connectivity index (χ1v) is 7.09. The number of nitrogens with zero attached hydrogens (tertiary/aromatic N) is 3. The molecule has 6 nitrogen and oxygen atoms in total. The van der Waals surface area contributed by atoms with Gasteiger partial charge in [0.2, 0.25) is 0 Å². The molecule has 0 bridgehead atoms. The van der Waals surface area contributed by atoms with Crippen molar-refractivity contribution in [3.63, 3.8) is 0 Å². The van der Waals surface area contributed by atoms with E-state index in [9.17, 15) is 9.90 Å². The van der Waals surface area contributed by atoms with E-state index in [1.807, 2.05) is 20.8 Å². The third-order valence-electron chi connectivity index (χ3n) is 3.65. The molecule has 0 spiro atoms. The van der Waals surface area contributed by atoms with E-state index in [0.29, 0.717) is 5.76 Å². The molecule has 22 heavy (non-hydrogen) atoms. The second kappa shape index (κ2) is 6.27. The molecule has 0 aliphatic heterocycles. The van der Waals surface area contributed by atoms with E-state index >= 15 is 0 Å². The monoisotopic (exact) mass is 303 g/mol. The first kappa shape index (κ1) is 16.2. The Balaban J connectivity index is 2.22. The van der Waals surface area contributed by atoms with Crippen LogP contribution in [0.25, 0.3) is 11.3 Å². The standard InChI is InChI=1S/C16H21N3O3/c1-16(2,3)14(10-20)19(4)15(21)12-9-13(22-18-12)11-5-7-17-8-6-11/h5-9,14,20H,10H2,1-4H3. The van der Waals surface area contributed by atoms with Crippen LogP contribution in [0.3, 0.4) is 0 Å². The van der Waals surface area contributed by atoms with Crippen molar-refractivity contribution in [3.05, 3.63) is 36.3 Å². The minimum atomic E-state index is -0.305. The summed E-state index contributed by atoms with van der Waals surface area (Å²) >= 11 is 0. The van der Waals surface area contributed by atoms with Gasteiger partial charge in [-0.1, -0.05) is 25.9 Å². The molecular formula is C16H21N3O3. The molecule has 0 saturated carbocycles. The lowest BCUT2D eigenvalue weighted by molar-refractivity contribution is 0.0425. The van der Waals surface area contributed by atoms with Crippen LogP contribution >= 0.6 is 0 Å². The van der Waals surface area contributed by atoms with E-state index < -0.39 is 0 Å². The topological polar surface area (TPSA) is 79.5 Å². The molecule has 0 aliphatic rings. The highest BCUT2D eigenvalue weighted by Crippen LogP contribution is 2.25. The first-order valence-electron chi connectivity index (χ1n) is 7.09. The molecule has 0 fully saturated rings. The number of amides is 1. The Kier molecular flexibility index (Phi) is 4.61. The van der Waals surface area contributed by atoms with Gasteiger partial charge in [-0.05, 0) is 17.5 Å². The lowest BCUT2D eigenvalue weighted by Gasteiger charge is -2.36. The van der Waals surface area contributed by atoms with Crippen LogP contribution in [-0.2, 0) is 0 Å². The van der Waals surface area contributed by atoms with Crippen molar-refractivity contribution in [2.45, 2.75) is 26.8 Å². The number of rotatable bonds is 4. The van der Waals surface area contributed by atoms with Crippen molar-refractivity contribution in [3.8, 4) is 11.3 Å². The number of aliphatic hydroxyl groups excluding tert-OH is 1. The highest BCUT2D eigenvalue weighted by atomic mass is 16.5. The summed E-state index contributed by atoms with van der Waals surface area (Å²) in [5.74, 6) is 0.230. The Labute approximate surface area is 129 Å². The molecule has 2 aromatic heterocycles. The van der Waals surface area contributed by atoms with E-state index in [4.69, 9.17) is 4.52 Å². The highest BCUT2D eigenvalue weighted by molar-refractivity contribution is 5.93. The SMILES string of the molecule is CN(C(=O)c1cc(-c2ccncc2)on1)C(CO)C(C)(C)C. The van der Waals surface area contributed by atoms with E-state index in [-0.39, 0.29) is 29.7 Å². The van der Waals surface area contributed by atoms with Gasteiger partial charge in [0.05, 0.1) is 12.6 Å². The van der Waals surface area contributed by atoms with Gasteiger partial charge >= 0.3 is 0 Å². The Hall–Kier alpha value is -2.21. The van der Waals surface area contributed by atoms with Crippen LogP contribution in [0.1, 0.15) is 31.3 Å². The highest BCUT2D eigenvalue weighted by Gasteiger charge is 2.32. The number of aromatic nitrogens is 2. The summed E-state index contributed by atoms with van der Waals surface area (Å²) in [4.78, 5) is 18.0. The van der Waals surface area contributed by atoms with Gasteiger partial charge in [-0.2, -0.15) is 0 Å². The van der Waals surface area contributed by atoms with Crippen LogP contribution < -0.4 is 0 Å². The van der Waals surface area contributed by atoms with Crippen LogP contribution in [0.2, 0.25) is 0 Å². The molecule has 1 atom stereocenters. The number of likely N-dealkylation sites (N-methyl/N-ethyl adjacent to an activating group) is 1. The fourth-order valence-electron chi connectivity index (χ4n) is 2.33. The molecule has 1 unspecified atom stereocenters. The number of carbonyl (C=O) groups excluding carboxylic acids is 1. The van der Waals surface area contributed by atoms with Gasteiger partial charge in [0, 0.05) is 31.1 Å². The third-order valence-corrected chi connectivity index (χ3v) is 3.65. The summed E-state index contributed by atoms with van der Waals surface area (Å²) in [5, 5.41) is 13.4. The second-order valence-electron chi connectivity index (χ2n) is 6.29. The molecule has 6 heteroatoms. The minimum absolute atomic E-state index is 0.110. The maximum Gasteiger partial charge on any atom is 0.276 e. The van der Waals surface area contributed by atoms with Gasteiger partial charge in [0.1, 0.15) is 0 Å². The second-order valence-corrected chi connectivity index (χ2v) is 6.29. The van der Waals surface area contributed by atoms with Gasteiger partial charge in [-0.3, -0.25) is 9.78 Å². The summed E-state index contributed by atoms with van der Waals surface area (Å²) in [6, 6.07) is 4.86. The summed E-state index contributed by atoms with van der Waals surface area (Å²) in [7, 11) is 1.66. The maximum absolute atomic E-state index is 12.5. The molecule has 2 aromatic rings. The van der Waals surface area contributed by atoms with Crippen molar-refractivity contribution in [2.75, 3.05) is 13.7 Å². The molecule has 2 rings (SSSR count). The summed E-state index contributed by atoms with van der Waals surface area (Å²) in [5.41, 5.74) is 0.785. The van der Waals surface area contributed by atoms with Gasteiger partial charge < -0.3 is 14.5 Å². The predicted octanol–water partition coefficient (Wildman–Crippen LogP) is 2.22. The van der Waals surface area contributed by atoms with Crippen LogP contribution in [0.4, 0.5) is 0 Å². The summed E-state index contributed by atoms with van der Waals surface area (Å²) in [6.07, 6.45) is 3.29. The fraction of sp³-hybridized carbons (Fsp3) is 0.438. The van der Waals surface area contributed by atoms with E-state index in [2.05, 4.69) is 10.1 Å². The van der Waals surface area contributed by atoms with Crippen molar-refractivity contribution < 1.29 is 14.4 Å². The Morgan fingerprint density at radius 2 is 2.00 bits per heavy atom. The normalized spacial score (nSPS) is 13.0. The average molecular weight is 303 g/mol. The van der Waals surface area contributed by atoms with Crippen LogP contribution in [0, 0.1) is 5.41 Å². The smallest absolute Gasteiger partial charge is 0.276 e. The zero-order valence-corrected chi connectivity index (χ0v) is 13.3. The number of hydrogen-bond acceptors (Lipinski definition) is 5. The first-order chi connectivity index (χ1) is 10.3. The van der Waals surface area contributed by atoms with Gasteiger partial charge in [0.25, 0.3) is 5.91 Å². The lowest BCUT2D eigenvalue weighted by Crippen LogP contribution is -2.47. The third kappa shape index (κ3) is 3.33. The van der Waals surface area contributed by atoms with Gasteiger partial charge in [0.15, 0.2) is 11.5 Å². The molecule has 1 amide bonds. The fourth-order valence-corrected chi connectivity index (χ4v) is 2.33. The average Bonchev–Trinajstić information content (AvgIpc) is 2.96. The largest absolute Gasteiger partial charge is 0.394 e. The molecule has 0 saturated heterocycles. The van der Waals surface area contributed by atoms with Crippen molar-refractivity contribution >= 4 is 5.91 Å². The molecule has 0 aliphatic carbocycles. The number of hydrogen-bond donors (Lipinski definition) is 1. The number of carbonyl (C=O) groups is 1. The van der Waals surface area contributed by atoms with Crippen molar-refractivity contribution in [1.29, 1.82) is 0 Å². The Bertz CT molecular complexity index is 632. The van der Waals surface area contributed by atoms with Crippen molar-refractivity contribution in [1.82, 2.24) is 15.0 Å². The number of aliphatic hydroxyl groups is 1. The van der Waals surface area contributed by atoms with E-state index in [1.165, 1.54) is 4.90 Å². The predicted molar refractivity (Wildman–Crippen MR) is 82.2 cm³/mol. The molecule has 0 aromatic carbocycles. The number of pyridine rings is 1. The molecule has 118 valence electrons. The molecule has 2 heterocycles. The van der Waals surface area contributed by atoms with Crippen LogP contribution in [0.5, 0.6) is 0 Å². The van der Waals surface area contributed by atoms with Gasteiger partial charge in [-0.25, -0.2) is 0 Å². The van der Waals surface area contributed by atoms with Crippen LogP contribution in [0.15, 0.2) is 35.1 Å². The lowest BCUT2D eigenvalue weighted by atomic mass is 9.86. The maximum atomic E-state index is 12.5. The molecule has 0 radical (unpaired) electrons. The molecular weight excluding hydrogens is 282 g/mol. The Morgan fingerprint density at radius 3 is 2.55 bits per heavy atom. The van der Waals surface area contributed by atoms with E-state index in [1.54, 1.807) is 37.6 Å².